The molecule has 5 heteroatoms. The molecule has 0 amide bonds. The van der Waals surface area contributed by atoms with Crippen molar-refractivity contribution >= 4 is 24.8 Å². The molecule has 2 saturated heterocycles. The summed E-state index contributed by atoms with van der Waals surface area (Å²) in [6, 6.07) is 0. The molecule has 0 aliphatic carbocycles. The van der Waals surface area contributed by atoms with Gasteiger partial charge in [0, 0.05) is 6.54 Å². The summed E-state index contributed by atoms with van der Waals surface area (Å²) in [5, 5.41) is 3.43. The van der Waals surface area contributed by atoms with Crippen LogP contribution in [0.5, 0.6) is 0 Å². The van der Waals surface area contributed by atoms with Gasteiger partial charge in [0.15, 0.2) is 0 Å². The molecule has 0 aromatic heterocycles. The lowest BCUT2D eigenvalue weighted by Crippen LogP contribution is -2.38. The van der Waals surface area contributed by atoms with E-state index in [4.69, 9.17) is 0 Å². The van der Waals surface area contributed by atoms with Gasteiger partial charge in [0.2, 0.25) is 0 Å². The van der Waals surface area contributed by atoms with E-state index in [1.165, 1.54) is 64.8 Å². The summed E-state index contributed by atoms with van der Waals surface area (Å²) in [5.41, 5.74) is 0. The average molecular weight is 273 g/mol. The summed E-state index contributed by atoms with van der Waals surface area (Å²) >= 11 is 0. The maximum Gasteiger partial charge on any atom is 0.00106 e. The number of rotatable bonds is 2. The fourth-order valence-corrected chi connectivity index (χ4v) is 2.57. The van der Waals surface area contributed by atoms with Crippen LogP contribution < -0.4 is 5.32 Å². The van der Waals surface area contributed by atoms with Crippen molar-refractivity contribution < 1.29 is 5.48 Å². The lowest BCUT2D eigenvalue weighted by atomic mass is 9.96. The van der Waals surface area contributed by atoms with Gasteiger partial charge < -0.3 is 15.7 Å². The van der Waals surface area contributed by atoms with Crippen LogP contribution in [0.1, 0.15) is 32.1 Å². The highest BCUT2D eigenvalue weighted by Gasteiger charge is 2.17. The minimum Gasteiger partial charge on any atom is -0.412 e. The summed E-state index contributed by atoms with van der Waals surface area (Å²) in [5.74, 6) is 0.986. The van der Waals surface area contributed by atoms with Gasteiger partial charge >= 0.3 is 0 Å². The first-order chi connectivity index (χ1) is 6.45. The third-order valence-electron chi connectivity index (χ3n) is 3.42. The number of piperidine rings is 2. The molecule has 0 aromatic carbocycles. The van der Waals surface area contributed by atoms with Crippen LogP contribution in [-0.4, -0.2) is 43.1 Å². The van der Waals surface area contributed by atoms with E-state index in [1.54, 1.807) is 0 Å². The minimum atomic E-state index is 0. The lowest BCUT2D eigenvalue weighted by molar-refractivity contribution is 0.177. The van der Waals surface area contributed by atoms with Crippen LogP contribution >= 0.6 is 24.8 Å². The van der Waals surface area contributed by atoms with Crippen molar-refractivity contribution in [2.24, 2.45) is 5.92 Å². The molecule has 0 atom stereocenters. The molecule has 0 unspecified atom stereocenters. The maximum atomic E-state index is 3.43. The van der Waals surface area contributed by atoms with E-state index < -0.39 is 0 Å². The second-order valence-corrected chi connectivity index (χ2v) is 4.55. The van der Waals surface area contributed by atoms with Crippen LogP contribution in [0.4, 0.5) is 0 Å². The highest BCUT2D eigenvalue weighted by Crippen LogP contribution is 2.16. The molecule has 0 aromatic rings. The molecule has 0 bridgehead atoms. The molecule has 3 nitrogen and oxygen atoms in total. The second kappa shape index (κ2) is 10.6. The van der Waals surface area contributed by atoms with Crippen molar-refractivity contribution in [3.05, 3.63) is 0 Å². The van der Waals surface area contributed by atoms with Crippen LogP contribution in [-0.2, 0) is 0 Å². The molecule has 2 heterocycles. The molecular formula is C11H26Cl2N2O. The quantitative estimate of drug-likeness (QED) is 0.828. The smallest absolute Gasteiger partial charge is 0.00106 e. The van der Waals surface area contributed by atoms with Gasteiger partial charge in [-0.05, 0) is 57.8 Å². The number of hydrogen-bond donors (Lipinski definition) is 1. The van der Waals surface area contributed by atoms with Crippen LogP contribution in [0, 0.1) is 5.92 Å². The van der Waals surface area contributed by atoms with Crippen molar-refractivity contribution in [2.45, 2.75) is 32.1 Å². The van der Waals surface area contributed by atoms with E-state index >= 15 is 0 Å². The highest BCUT2D eigenvalue weighted by atomic mass is 35.5. The van der Waals surface area contributed by atoms with Crippen LogP contribution in [0.25, 0.3) is 0 Å². The Morgan fingerprint density at radius 3 is 2.06 bits per heavy atom. The van der Waals surface area contributed by atoms with Crippen molar-refractivity contribution in [1.29, 1.82) is 0 Å². The van der Waals surface area contributed by atoms with Gasteiger partial charge in [-0.3, -0.25) is 0 Å². The second-order valence-electron chi connectivity index (χ2n) is 4.55. The zero-order chi connectivity index (χ0) is 8.93. The monoisotopic (exact) mass is 272 g/mol. The first-order valence-corrected chi connectivity index (χ1v) is 5.88. The minimum absolute atomic E-state index is 0. The molecule has 3 N–H and O–H groups in total. The molecule has 2 aliphatic rings. The summed E-state index contributed by atoms with van der Waals surface area (Å²) in [6.07, 6.45) is 7.13. The molecule has 100 valence electrons. The van der Waals surface area contributed by atoms with Crippen molar-refractivity contribution in [2.75, 3.05) is 32.7 Å². The molecular weight excluding hydrogens is 247 g/mol. The molecule has 0 saturated carbocycles. The Labute approximate surface area is 111 Å². The molecule has 2 rings (SSSR count). The number of hydrogen-bond acceptors (Lipinski definition) is 2. The Bertz CT molecular complexity index is 133. The summed E-state index contributed by atoms with van der Waals surface area (Å²) < 4.78 is 0. The fourth-order valence-electron chi connectivity index (χ4n) is 2.57. The molecule has 2 fully saturated rings. The summed E-state index contributed by atoms with van der Waals surface area (Å²) in [4.78, 5) is 2.68. The van der Waals surface area contributed by atoms with E-state index in [-0.39, 0.29) is 30.3 Å². The Kier molecular flexibility index (Phi) is 12.5. The standard InChI is InChI=1S/C11H22N2.2ClH.H2O/c1-2-8-13(9-3-1)10-11-4-6-12-7-5-11;;;/h11-12H,1-10H2;2*1H;1H2. The van der Waals surface area contributed by atoms with E-state index in [9.17, 15) is 0 Å². The van der Waals surface area contributed by atoms with Gasteiger partial charge in [0.25, 0.3) is 0 Å². The Balaban J connectivity index is 0. The highest BCUT2D eigenvalue weighted by molar-refractivity contribution is 5.85. The normalized spacial score (nSPS) is 22.5. The summed E-state index contributed by atoms with van der Waals surface area (Å²) in [7, 11) is 0. The van der Waals surface area contributed by atoms with E-state index in [1.807, 2.05) is 0 Å². The van der Waals surface area contributed by atoms with Crippen molar-refractivity contribution in [1.82, 2.24) is 10.2 Å². The van der Waals surface area contributed by atoms with Crippen LogP contribution in [0.2, 0.25) is 0 Å². The van der Waals surface area contributed by atoms with Crippen LogP contribution in [0.15, 0.2) is 0 Å². The van der Waals surface area contributed by atoms with E-state index in [2.05, 4.69) is 10.2 Å². The van der Waals surface area contributed by atoms with E-state index in [0.29, 0.717) is 0 Å². The van der Waals surface area contributed by atoms with Crippen molar-refractivity contribution in [3.8, 4) is 0 Å². The molecule has 2 aliphatic heterocycles. The maximum absolute atomic E-state index is 3.43. The zero-order valence-electron chi connectivity index (χ0n) is 9.91. The topological polar surface area (TPSA) is 46.8 Å². The third-order valence-corrected chi connectivity index (χ3v) is 3.42. The van der Waals surface area contributed by atoms with Gasteiger partial charge in [-0.15, -0.1) is 24.8 Å². The number of nitrogens with zero attached hydrogens (tertiary/aromatic N) is 1. The predicted molar refractivity (Wildman–Crippen MR) is 74.0 cm³/mol. The number of likely N-dealkylation sites (tertiary alicyclic amines) is 1. The Hall–Kier alpha value is 0.460. The van der Waals surface area contributed by atoms with Gasteiger partial charge in [0.1, 0.15) is 0 Å². The number of nitrogens with one attached hydrogen (secondary N) is 1. The molecule has 16 heavy (non-hydrogen) atoms. The SMILES string of the molecule is C1CCN(CC2CCNCC2)CC1.Cl.Cl.O. The molecule has 0 spiro atoms. The number of halogens is 2. The first-order valence-electron chi connectivity index (χ1n) is 5.88. The van der Waals surface area contributed by atoms with Gasteiger partial charge in [-0.25, -0.2) is 0 Å². The van der Waals surface area contributed by atoms with Gasteiger partial charge in [-0.1, -0.05) is 6.42 Å². The Morgan fingerprint density at radius 2 is 1.50 bits per heavy atom. The average Bonchev–Trinajstić information content (AvgIpc) is 2.21. The van der Waals surface area contributed by atoms with Crippen LogP contribution in [0.3, 0.4) is 0 Å². The predicted octanol–water partition coefficient (Wildman–Crippen LogP) is 1.49. The zero-order valence-corrected chi connectivity index (χ0v) is 11.5. The fraction of sp³-hybridized carbons (Fsp3) is 1.00. The largest absolute Gasteiger partial charge is 0.412 e. The van der Waals surface area contributed by atoms with Gasteiger partial charge in [0.05, 0.1) is 0 Å². The van der Waals surface area contributed by atoms with E-state index in [0.717, 1.165) is 5.92 Å². The summed E-state index contributed by atoms with van der Waals surface area (Å²) in [6.45, 7) is 6.60. The first kappa shape index (κ1) is 18.8. The van der Waals surface area contributed by atoms with Gasteiger partial charge in [-0.2, -0.15) is 0 Å². The molecule has 0 radical (unpaired) electrons. The Morgan fingerprint density at radius 1 is 0.938 bits per heavy atom. The third kappa shape index (κ3) is 6.26. The lowest BCUT2D eigenvalue weighted by Gasteiger charge is -2.32. The van der Waals surface area contributed by atoms with Crippen molar-refractivity contribution in [3.63, 3.8) is 0 Å².